The van der Waals surface area contributed by atoms with Crippen LogP contribution in [0.15, 0.2) is 96.1 Å². The highest BCUT2D eigenvalue weighted by Crippen LogP contribution is 2.37. The average Bonchev–Trinajstić information content (AvgIpc) is 3.34. The number of H-pyrrole nitrogens is 1. The minimum absolute atomic E-state index is 0.206. The number of aromatic amines is 1. The van der Waals surface area contributed by atoms with Crippen LogP contribution in [0.25, 0.3) is 22.0 Å². The van der Waals surface area contributed by atoms with Crippen LogP contribution in [-0.4, -0.2) is 23.1 Å². The van der Waals surface area contributed by atoms with Gasteiger partial charge in [-0.1, -0.05) is 71.8 Å². The van der Waals surface area contributed by atoms with Crippen molar-refractivity contribution in [3.8, 4) is 22.9 Å². The molecule has 8 heteroatoms. The Balaban J connectivity index is 1.43. The molecule has 1 aromatic heterocycles. The Labute approximate surface area is 229 Å². The van der Waals surface area contributed by atoms with Crippen molar-refractivity contribution in [3.05, 3.63) is 124 Å². The zero-order chi connectivity index (χ0) is 27.4. The first kappa shape index (κ1) is 25.5. The van der Waals surface area contributed by atoms with E-state index in [1.165, 1.54) is 6.21 Å². The Morgan fingerprint density at radius 2 is 1.72 bits per heavy atom. The SMILES string of the molecule is Cc1ccc(C(=O)Oc2ccccc2C=NNC(=O)c2[nH]c3c(C#N)cccc3c2-c2ccccc2Cl)cc1. The van der Waals surface area contributed by atoms with Gasteiger partial charge < -0.3 is 9.72 Å². The van der Waals surface area contributed by atoms with Gasteiger partial charge in [0, 0.05) is 27.1 Å². The summed E-state index contributed by atoms with van der Waals surface area (Å²) >= 11 is 6.48. The monoisotopic (exact) mass is 532 g/mol. The predicted molar refractivity (Wildman–Crippen MR) is 151 cm³/mol. The molecule has 39 heavy (non-hydrogen) atoms. The molecule has 7 nitrogen and oxygen atoms in total. The van der Waals surface area contributed by atoms with Crippen molar-refractivity contribution < 1.29 is 14.3 Å². The number of carbonyl (C=O) groups excluding carboxylic acids is 2. The Bertz CT molecular complexity index is 1780. The fourth-order valence-corrected chi connectivity index (χ4v) is 4.40. The quantitative estimate of drug-likeness (QED) is 0.110. The molecular formula is C31H21ClN4O3. The molecule has 0 aliphatic rings. The molecular weight excluding hydrogens is 512 g/mol. The molecule has 4 aromatic carbocycles. The number of nitrogens with one attached hydrogen (secondary N) is 2. The summed E-state index contributed by atoms with van der Waals surface area (Å²) in [4.78, 5) is 29.0. The fraction of sp³-hybridized carbons (Fsp3) is 0.0323. The number of nitriles is 1. The first-order valence-electron chi connectivity index (χ1n) is 12.0. The molecule has 5 aromatic rings. The van der Waals surface area contributed by atoms with E-state index in [2.05, 4.69) is 21.6 Å². The smallest absolute Gasteiger partial charge is 0.343 e. The van der Waals surface area contributed by atoms with Crippen molar-refractivity contribution in [1.82, 2.24) is 10.4 Å². The lowest BCUT2D eigenvalue weighted by Crippen LogP contribution is -2.19. The zero-order valence-corrected chi connectivity index (χ0v) is 21.5. The van der Waals surface area contributed by atoms with Crippen molar-refractivity contribution in [2.75, 3.05) is 0 Å². The second-order valence-corrected chi connectivity index (χ2v) is 9.09. The van der Waals surface area contributed by atoms with Gasteiger partial charge in [-0.3, -0.25) is 4.79 Å². The Morgan fingerprint density at radius 1 is 0.974 bits per heavy atom. The highest BCUT2D eigenvalue weighted by Gasteiger charge is 2.22. The van der Waals surface area contributed by atoms with Gasteiger partial charge in [-0.2, -0.15) is 10.4 Å². The standard InChI is InChI=1S/C31H21ClN4O3/c1-19-13-15-20(16-14-19)31(38)39-26-12-5-2-7-22(26)18-34-36-30(37)29-27(23-9-3-4-11-25(23)32)24-10-6-8-21(17-33)28(24)35-29/h2-16,18,35H,1H3,(H,36,37). The number of amides is 1. The van der Waals surface area contributed by atoms with E-state index in [4.69, 9.17) is 16.3 Å². The first-order valence-corrected chi connectivity index (χ1v) is 12.3. The predicted octanol–water partition coefficient (Wildman–Crippen LogP) is 6.65. The van der Waals surface area contributed by atoms with Crippen LogP contribution in [0.4, 0.5) is 0 Å². The van der Waals surface area contributed by atoms with Gasteiger partial charge in [0.05, 0.1) is 22.9 Å². The minimum atomic E-state index is -0.532. The van der Waals surface area contributed by atoms with Crippen LogP contribution in [0.5, 0.6) is 5.75 Å². The maximum atomic E-state index is 13.3. The highest BCUT2D eigenvalue weighted by molar-refractivity contribution is 6.34. The van der Waals surface area contributed by atoms with Gasteiger partial charge in [0.2, 0.25) is 0 Å². The van der Waals surface area contributed by atoms with Crippen molar-refractivity contribution >= 4 is 40.6 Å². The van der Waals surface area contributed by atoms with E-state index in [0.717, 1.165) is 5.56 Å². The van der Waals surface area contributed by atoms with Crippen molar-refractivity contribution in [2.24, 2.45) is 5.10 Å². The molecule has 0 aliphatic carbocycles. The number of hydrogen-bond acceptors (Lipinski definition) is 5. The molecule has 0 aliphatic heterocycles. The summed E-state index contributed by atoms with van der Waals surface area (Å²) in [5.74, 6) is -0.742. The van der Waals surface area contributed by atoms with Gasteiger partial charge in [0.15, 0.2) is 0 Å². The molecule has 0 saturated carbocycles. The number of carbonyl (C=O) groups is 2. The van der Waals surface area contributed by atoms with E-state index in [0.29, 0.717) is 49.5 Å². The summed E-state index contributed by atoms with van der Waals surface area (Å²) in [5, 5.41) is 14.8. The molecule has 0 unspecified atom stereocenters. The summed E-state index contributed by atoms with van der Waals surface area (Å²) in [5.41, 5.74) is 6.81. The van der Waals surface area contributed by atoms with Gasteiger partial charge in [0.1, 0.15) is 17.5 Å². The molecule has 190 valence electrons. The van der Waals surface area contributed by atoms with Gasteiger partial charge in [-0.05, 0) is 43.3 Å². The second-order valence-electron chi connectivity index (χ2n) is 8.69. The third-order valence-electron chi connectivity index (χ3n) is 6.10. The summed E-state index contributed by atoms with van der Waals surface area (Å²) in [7, 11) is 0. The fourth-order valence-electron chi connectivity index (χ4n) is 4.17. The average molecular weight is 533 g/mol. The van der Waals surface area contributed by atoms with Crippen LogP contribution >= 0.6 is 11.6 Å². The molecule has 0 spiro atoms. The summed E-state index contributed by atoms with van der Waals surface area (Å²) < 4.78 is 5.57. The Kier molecular flexibility index (Phi) is 7.21. The number of hydrogen-bond donors (Lipinski definition) is 2. The summed E-state index contributed by atoms with van der Waals surface area (Å²) in [6.07, 6.45) is 1.40. The molecule has 0 bridgehead atoms. The largest absolute Gasteiger partial charge is 0.422 e. The molecule has 0 saturated heterocycles. The van der Waals surface area contributed by atoms with E-state index in [9.17, 15) is 14.9 Å². The summed E-state index contributed by atoms with van der Waals surface area (Å²) in [6.45, 7) is 1.94. The van der Waals surface area contributed by atoms with E-state index in [1.807, 2.05) is 37.3 Å². The van der Waals surface area contributed by atoms with E-state index >= 15 is 0 Å². The van der Waals surface area contributed by atoms with E-state index in [1.54, 1.807) is 60.7 Å². The lowest BCUT2D eigenvalue weighted by Gasteiger charge is -2.08. The van der Waals surface area contributed by atoms with Gasteiger partial charge in [0.25, 0.3) is 5.91 Å². The van der Waals surface area contributed by atoms with Crippen LogP contribution in [0.3, 0.4) is 0 Å². The number of aryl methyl sites for hydroxylation is 1. The van der Waals surface area contributed by atoms with E-state index in [-0.39, 0.29) is 5.69 Å². The number of aromatic nitrogens is 1. The molecule has 5 rings (SSSR count). The number of rotatable bonds is 6. The van der Waals surface area contributed by atoms with Crippen molar-refractivity contribution in [2.45, 2.75) is 6.92 Å². The Morgan fingerprint density at radius 3 is 2.49 bits per heavy atom. The molecule has 1 heterocycles. The summed E-state index contributed by atoms with van der Waals surface area (Å²) in [6, 6.07) is 28.5. The second kappa shape index (κ2) is 11.1. The molecule has 2 N–H and O–H groups in total. The Hall–Kier alpha value is -5.19. The van der Waals surface area contributed by atoms with Gasteiger partial charge in [-0.15, -0.1) is 0 Å². The molecule has 0 radical (unpaired) electrons. The van der Waals surface area contributed by atoms with Gasteiger partial charge >= 0.3 is 5.97 Å². The van der Waals surface area contributed by atoms with Crippen LogP contribution < -0.4 is 10.2 Å². The molecule has 0 atom stereocenters. The number of hydrazone groups is 1. The number of fused-ring (bicyclic) bond motifs is 1. The maximum Gasteiger partial charge on any atom is 0.343 e. The topological polar surface area (TPSA) is 107 Å². The van der Waals surface area contributed by atoms with Gasteiger partial charge in [-0.25, -0.2) is 10.2 Å². The van der Waals surface area contributed by atoms with Crippen LogP contribution in [-0.2, 0) is 0 Å². The maximum absolute atomic E-state index is 13.3. The van der Waals surface area contributed by atoms with Crippen LogP contribution in [0.2, 0.25) is 5.02 Å². The van der Waals surface area contributed by atoms with Crippen molar-refractivity contribution in [1.29, 1.82) is 5.26 Å². The number of halogens is 1. The third kappa shape index (κ3) is 5.28. The number of ether oxygens (including phenoxy) is 1. The van der Waals surface area contributed by atoms with Crippen molar-refractivity contribution in [3.63, 3.8) is 0 Å². The first-order chi connectivity index (χ1) is 19.0. The molecule has 0 fully saturated rings. The van der Waals surface area contributed by atoms with Crippen LogP contribution in [0.1, 0.15) is 37.5 Å². The number of para-hydroxylation sites is 2. The lowest BCUT2D eigenvalue weighted by atomic mass is 10.0. The lowest BCUT2D eigenvalue weighted by molar-refractivity contribution is 0.0734. The highest BCUT2D eigenvalue weighted by atomic mass is 35.5. The van der Waals surface area contributed by atoms with E-state index < -0.39 is 11.9 Å². The third-order valence-corrected chi connectivity index (χ3v) is 6.43. The number of esters is 1. The number of benzene rings is 4. The zero-order valence-electron chi connectivity index (χ0n) is 20.7. The normalized spacial score (nSPS) is 10.9. The minimum Gasteiger partial charge on any atom is -0.422 e. The number of nitrogens with zero attached hydrogens (tertiary/aromatic N) is 2. The van der Waals surface area contributed by atoms with Crippen LogP contribution in [0, 0.1) is 18.3 Å². The molecule has 1 amide bonds.